The average Bonchev–Trinajstić information content (AvgIpc) is 3.25. The third-order valence-corrected chi connectivity index (χ3v) is 10.00. The summed E-state index contributed by atoms with van der Waals surface area (Å²) in [6, 6.07) is 0. The van der Waals surface area contributed by atoms with Gasteiger partial charge in [0.05, 0.1) is 19.8 Å². The van der Waals surface area contributed by atoms with E-state index in [1.807, 2.05) is 0 Å². The molecule has 1 saturated heterocycles. The number of aliphatic hydroxyl groups is 4. The molecule has 0 aliphatic carbocycles. The smallest absolute Gasteiger partial charge is 0.306 e. The average molecular weight is 841 g/mol. The topological polar surface area (TPSA) is 135 Å². The van der Waals surface area contributed by atoms with Crippen LogP contribution >= 0.6 is 0 Å². The molecule has 0 aromatic heterocycles. The van der Waals surface area contributed by atoms with E-state index in [1.165, 1.54) is 12.8 Å². The zero-order chi connectivity index (χ0) is 43.6. The van der Waals surface area contributed by atoms with E-state index in [1.54, 1.807) is 0 Å². The van der Waals surface area contributed by atoms with E-state index in [0.29, 0.717) is 13.0 Å². The minimum Gasteiger partial charge on any atom is -0.457 e. The molecule has 1 aliphatic heterocycles. The summed E-state index contributed by atoms with van der Waals surface area (Å²) in [6.07, 6.45) is 50.0. The lowest BCUT2D eigenvalue weighted by atomic mass is 9.99. The second kappa shape index (κ2) is 41.5. The van der Waals surface area contributed by atoms with Crippen LogP contribution in [0.25, 0.3) is 0 Å². The lowest BCUT2D eigenvalue weighted by Crippen LogP contribution is -2.59. The van der Waals surface area contributed by atoms with E-state index in [4.69, 9.17) is 18.9 Å². The van der Waals surface area contributed by atoms with Crippen LogP contribution in [0, 0.1) is 0 Å². The zero-order valence-corrected chi connectivity index (χ0v) is 37.4. The van der Waals surface area contributed by atoms with Crippen molar-refractivity contribution in [2.75, 3.05) is 26.4 Å². The van der Waals surface area contributed by atoms with Crippen LogP contribution in [0.5, 0.6) is 0 Å². The van der Waals surface area contributed by atoms with Crippen molar-refractivity contribution < 1.29 is 44.2 Å². The molecule has 6 atom stereocenters. The number of carbonyl (C=O) groups excluding carboxylic acids is 1. The number of aliphatic hydroxyl groups excluding tert-OH is 4. The number of hydrogen-bond donors (Lipinski definition) is 4. The number of carbonyl (C=O) groups is 1. The second-order valence-electron chi connectivity index (χ2n) is 15.4. The van der Waals surface area contributed by atoms with Crippen molar-refractivity contribution in [3.05, 3.63) is 97.2 Å². The molecular weight excluding hydrogens is 757 g/mol. The summed E-state index contributed by atoms with van der Waals surface area (Å²) in [6.45, 7) is 4.25. The van der Waals surface area contributed by atoms with Crippen LogP contribution in [0.3, 0.4) is 0 Å². The van der Waals surface area contributed by atoms with E-state index in [9.17, 15) is 25.2 Å². The molecule has 342 valence electrons. The summed E-state index contributed by atoms with van der Waals surface area (Å²) in [4.78, 5) is 12.8. The number of allylic oxidation sites excluding steroid dienone is 16. The molecule has 1 fully saturated rings. The van der Waals surface area contributed by atoms with Gasteiger partial charge in [0.2, 0.25) is 0 Å². The van der Waals surface area contributed by atoms with Crippen LogP contribution in [0.2, 0.25) is 0 Å². The van der Waals surface area contributed by atoms with Crippen molar-refractivity contribution in [1.82, 2.24) is 0 Å². The maximum absolute atomic E-state index is 12.8. The molecule has 0 spiro atoms. The summed E-state index contributed by atoms with van der Waals surface area (Å²) in [5, 5.41) is 40.2. The maximum Gasteiger partial charge on any atom is 0.306 e. The molecule has 0 radical (unpaired) electrons. The van der Waals surface area contributed by atoms with Crippen molar-refractivity contribution in [2.24, 2.45) is 0 Å². The molecule has 1 aliphatic rings. The van der Waals surface area contributed by atoms with Crippen LogP contribution < -0.4 is 0 Å². The van der Waals surface area contributed by atoms with E-state index < -0.39 is 43.4 Å². The Labute approximate surface area is 364 Å². The Kier molecular flexibility index (Phi) is 38.1. The first kappa shape index (κ1) is 55.1. The van der Waals surface area contributed by atoms with Gasteiger partial charge in [-0.2, -0.15) is 0 Å². The first-order valence-electron chi connectivity index (χ1n) is 23.3. The summed E-state index contributed by atoms with van der Waals surface area (Å²) in [5.74, 6) is -0.339. The van der Waals surface area contributed by atoms with Gasteiger partial charge in [0.25, 0.3) is 0 Å². The first-order valence-corrected chi connectivity index (χ1v) is 23.3. The van der Waals surface area contributed by atoms with Gasteiger partial charge in [-0.3, -0.25) is 4.79 Å². The highest BCUT2D eigenvalue weighted by atomic mass is 16.7. The molecule has 1 heterocycles. The number of esters is 1. The minimum absolute atomic E-state index is 0.119. The summed E-state index contributed by atoms with van der Waals surface area (Å²) in [5.41, 5.74) is 0. The van der Waals surface area contributed by atoms with Crippen LogP contribution in [0.4, 0.5) is 0 Å². The molecule has 9 nitrogen and oxygen atoms in total. The fraction of sp³-hybridized carbons (Fsp3) is 0.667. The Balaban J connectivity index is 2.29. The lowest BCUT2D eigenvalue weighted by Gasteiger charge is -2.39. The lowest BCUT2D eigenvalue weighted by molar-refractivity contribution is -0.305. The highest BCUT2D eigenvalue weighted by Crippen LogP contribution is 2.22. The highest BCUT2D eigenvalue weighted by Gasteiger charge is 2.44. The first-order chi connectivity index (χ1) is 29.4. The molecule has 0 aromatic carbocycles. The number of hydrogen-bond acceptors (Lipinski definition) is 9. The summed E-state index contributed by atoms with van der Waals surface area (Å²) >= 11 is 0. The SMILES string of the molecule is CC/C=C\C/C=C\C/C=C\C/C=C\CCCCCCCCC(=O)OC(COCCCCCCC/C=C\C/C=C\C/C=C\C/C=C\CC)COC1OC(CO)C(O)C(O)C1O. The number of rotatable bonds is 38. The summed E-state index contributed by atoms with van der Waals surface area (Å²) < 4.78 is 22.8. The largest absolute Gasteiger partial charge is 0.457 e. The van der Waals surface area contributed by atoms with Crippen LogP contribution in [-0.4, -0.2) is 89.6 Å². The van der Waals surface area contributed by atoms with Gasteiger partial charge in [-0.25, -0.2) is 0 Å². The Morgan fingerprint density at radius 1 is 0.533 bits per heavy atom. The number of unbranched alkanes of at least 4 members (excludes halogenated alkanes) is 11. The predicted molar refractivity (Wildman–Crippen MR) is 246 cm³/mol. The molecular formula is C51H84O9. The molecule has 6 unspecified atom stereocenters. The normalized spacial score (nSPS) is 20.9. The minimum atomic E-state index is -1.55. The molecule has 1 rings (SSSR count). The zero-order valence-electron chi connectivity index (χ0n) is 37.4. The van der Waals surface area contributed by atoms with E-state index in [0.717, 1.165) is 122 Å². The van der Waals surface area contributed by atoms with E-state index in [2.05, 4.69) is 111 Å². The van der Waals surface area contributed by atoms with Gasteiger partial charge in [-0.05, 0) is 89.9 Å². The fourth-order valence-corrected chi connectivity index (χ4v) is 6.41. The van der Waals surface area contributed by atoms with Gasteiger partial charge < -0.3 is 39.4 Å². The quantitative estimate of drug-likeness (QED) is 0.0272. The Morgan fingerprint density at radius 3 is 1.45 bits per heavy atom. The van der Waals surface area contributed by atoms with Crippen molar-refractivity contribution in [3.8, 4) is 0 Å². The predicted octanol–water partition coefficient (Wildman–Crippen LogP) is 10.8. The number of ether oxygens (including phenoxy) is 4. The monoisotopic (exact) mass is 841 g/mol. The van der Waals surface area contributed by atoms with E-state index in [-0.39, 0.29) is 19.2 Å². The van der Waals surface area contributed by atoms with Crippen molar-refractivity contribution in [2.45, 2.75) is 192 Å². The molecule has 0 bridgehead atoms. The van der Waals surface area contributed by atoms with Crippen LogP contribution in [-0.2, 0) is 23.7 Å². The Hall–Kier alpha value is -2.89. The van der Waals surface area contributed by atoms with E-state index >= 15 is 0 Å². The maximum atomic E-state index is 12.8. The molecule has 0 saturated carbocycles. The van der Waals surface area contributed by atoms with Gasteiger partial charge >= 0.3 is 5.97 Å². The van der Waals surface area contributed by atoms with Crippen LogP contribution in [0.15, 0.2) is 97.2 Å². The molecule has 4 N–H and O–H groups in total. The summed E-state index contributed by atoms with van der Waals surface area (Å²) in [7, 11) is 0. The van der Waals surface area contributed by atoms with Gasteiger partial charge in [-0.1, -0.05) is 156 Å². The molecule has 0 amide bonds. The Morgan fingerprint density at radius 2 is 0.967 bits per heavy atom. The third kappa shape index (κ3) is 31.9. The van der Waals surface area contributed by atoms with Gasteiger partial charge in [0, 0.05) is 13.0 Å². The van der Waals surface area contributed by atoms with Gasteiger partial charge in [0.15, 0.2) is 6.29 Å². The van der Waals surface area contributed by atoms with Gasteiger partial charge in [0.1, 0.15) is 30.5 Å². The van der Waals surface area contributed by atoms with Crippen LogP contribution in [0.1, 0.15) is 155 Å². The fourth-order valence-electron chi connectivity index (χ4n) is 6.41. The Bertz CT molecular complexity index is 1230. The molecule has 9 heteroatoms. The molecule has 60 heavy (non-hydrogen) atoms. The van der Waals surface area contributed by atoms with Crippen molar-refractivity contribution >= 4 is 5.97 Å². The standard InChI is InChI=1S/C51H84O9/c1-3-5-7-9-11-13-15-17-19-21-23-24-26-28-30-32-34-36-38-40-47(53)59-45(44-58-51-50(56)49(55)48(54)46(42-52)60-51)43-57-41-39-37-35-33-31-29-27-25-22-20-18-16-14-12-10-8-6-4-2/h5-8,11-14,17-20,23-25,27,45-46,48-52,54-56H,3-4,9-10,15-16,21-22,26,28-44H2,1-2H3/b7-5-,8-6-,13-11-,14-12-,19-17-,20-18-,24-23-,27-25-. The van der Waals surface area contributed by atoms with Crippen molar-refractivity contribution in [3.63, 3.8) is 0 Å². The molecule has 0 aromatic rings. The van der Waals surface area contributed by atoms with Gasteiger partial charge in [-0.15, -0.1) is 0 Å². The highest BCUT2D eigenvalue weighted by molar-refractivity contribution is 5.69. The second-order valence-corrected chi connectivity index (χ2v) is 15.4. The van der Waals surface area contributed by atoms with Crippen molar-refractivity contribution in [1.29, 1.82) is 0 Å². The third-order valence-electron chi connectivity index (χ3n) is 10.00.